The molecule has 0 bridgehead atoms. The lowest BCUT2D eigenvalue weighted by molar-refractivity contribution is 0.310. The molecule has 0 saturated carbocycles. The highest BCUT2D eigenvalue weighted by Gasteiger charge is 2.09. The summed E-state index contributed by atoms with van der Waals surface area (Å²) in [5.41, 5.74) is 7.03. The molecule has 0 aromatic heterocycles. The highest BCUT2D eigenvalue weighted by molar-refractivity contribution is 5.85. The van der Waals surface area contributed by atoms with E-state index in [1.807, 2.05) is 31.2 Å². The summed E-state index contributed by atoms with van der Waals surface area (Å²) in [7, 11) is 1.63. The Balaban J connectivity index is 0.00000256. The number of rotatable bonds is 6. The maximum absolute atomic E-state index is 5.99. The van der Waals surface area contributed by atoms with Crippen molar-refractivity contribution in [3.05, 3.63) is 36.4 Å². The molecule has 3 nitrogen and oxygen atoms in total. The van der Waals surface area contributed by atoms with E-state index in [-0.39, 0.29) is 18.4 Å². The van der Waals surface area contributed by atoms with Gasteiger partial charge in [-0.05, 0) is 31.0 Å². The van der Waals surface area contributed by atoms with Gasteiger partial charge in [0.15, 0.2) is 11.5 Å². The molecule has 4 heteroatoms. The average Bonchev–Trinajstić information content (AvgIpc) is 2.29. The van der Waals surface area contributed by atoms with Crippen LogP contribution in [0, 0.1) is 0 Å². The fraction of sp³-hybridized carbons (Fsp3) is 0.385. The largest absolute Gasteiger partial charge is 0.493 e. The first-order chi connectivity index (χ1) is 7.72. The van der Waals surface area contributed by atoms with Crippen molar-refractivity contribution in [2.24, 2.45) is 5.73 Å². The maximum atomic E-state index is 5.99. The van der Waals surface area contributed by atoms with E-state index in [9.17, 15) is 0 Å². The Labute approximate surface area is 109 Å². The molecule has 0 fully saturated rings. The molecule has 0 aliphatic rings. The van der Waals surface area contributed by atoms with Gasteiger partial charge in [-0.3, -0.25) is 0 Å². The molecule has 17 heavy (non-hydrogen) atoms. The van der Waals surface area contributed by atoms with E-state index in [0.717, 1.165) is 23.5 Å². The number of benzene rings is 1. The zero-order valence-corrected chi connectivity index (χ0v) is 11.1. The maximum Gasteiger partial charge on any atom is 0.161 e. The quantitative estimate of drug-likeness (QED) is 0.797. The normalized spacial score (nSPS) is 11.2. The van der Waals surface area contributed by atoms with Crippen molar-refractivity contribution in [1.82, 2.24) is 0 Å². The molecule has 0 heterocycles. The number of nitrogens with two attached hydrogens (primary N) is 1. The molecule has 1 aromatic carbocycles. The summed E-state index contributed by atoms with van der Waals surface area (Å²) >= 11 is 0. The molecule has 0 radical (unpaired) electrons. The van der Waals surface area contributed by atoms with E-state index < -0.39 is 0 Å². The van der Waals surface area contributed by atoms with Crippen LogP contribution in [0.5, 0.6) is 11.5 Å². The Morgan fingerprint density at radius 2 is 2.12 bits per heavy atom. The summed E-state index contributed by atoms with van der Waals surface area (Å²) in [5.74, 6) is 1.47. The standard InChI is InChI=1S/C13H19NO2.ClH/c1-4-6-11(14)10-7-8-12(15-3)13(9-10)16-5-2;/h4,7-9,11H,1,5-6,14H2,2-3H3;1H/t11-;/m0./s1. The number of hydrogen-bond donors (Lipinski definition) is 1. The second-order valence-corrected chi connectivity index (χ2v) is 3.47. The summed E-state index contributed by atoms with van der Waals surface area (Å²) in [5, 5.41) is 0. The SMILES string of the molecule is C=CC[C@H](N)c1ccc(OC)c(OCC)c1.Cl. The van der Waals surface area contributed by atoms with Crippen molar-refractivity contribution in [3.8, 4) is 11.5 Å². The third-order valence-corrected chi connectivity index (χ3v) is 2.34. The van der Waals surface area contributed by atoms with Crippen molar-refractivity contribution in [2.75, 3.05) is 13.7 Å². The Hall–Kier alpha value is -1.19. The van der Waals surface area contributed by atoms with Gasteiger partial charge in [0.25, 0.3) is 0 Å². The Bertz CT molecular complexity index is 355. The van der Waals surface area contributed by atoms with Crippen molar-refractivity contribution < 1.29 is 9.47 Å². The van der Waals surface area contributed by atoms with Crippen LogP contribution in [0.25, 0.3) is 0 Å². The van der Waals surface area contributed by atoms with Gasteiger partial charge in [0.05, 0.1) is 13.7 Å². The summed E-state index contributed by atoms with van der Waals surface area (Å²) in [6, 6.07) is 5.72. The molecule has 0 saturated heterocycles. The molecule has 1 aromatic rings. The van der Waals surface area contributed by atoms with E-state index in [2.05, 4.69) is 6.58 Å². The predicted molar refractivity (Wildman–Crippen MR) is 73.2 cm³/mol. The van der Waals surface area contributed by atoms with E-state index >= 15 is 0 Å². The summed E-state index contributed by atoms with van der Waals surface area (Å²) in [6.07, 6.45) is 2.56. The number of ether oxygens (including phenoxy) is 2. The highest BCUT2D eigenvalue weighted by Crippen LogP contribution is 2.30. The first kappa shape index (κ1) is 15.8. The first-order valence-electron chi connectivity index (χ1n) is 5.40. The zero-order valence-electron chi connectivity index (χ0n) is 10.3. The Kier molecular flexibility index (Phi) is 7.42. The van der Waals surface area contributed by atoms with Gasteiger partial charge in [-0.2, -0.15) is 0 Å². The van der Waals surface area contributed by atoms with Gasteiger partial charge in [0.2, 0.25) is 0 Å². The minimum atomic E-state index is -0.0392. The summed E-state index contributed by atoms with van der Waals surface area (Å²) < 4.78 is 10.7. The summed E-state index contributed by atoms with van der Waals surface area (Å²) in [4.78, 5) is 0. The minimum absolute atomic E-state index is 0. The minimum Gasteiger partial charge on any atom is -0.493 e. The van der Waals surface area contributed by atoms with Crippen LogP contribution in [-0.4, -0.2) is 13.7 Å². The Morgan fingerprint density at radius 1 is 1.41 bits per heavy atom. The van der Waals surface area contributed by atoms with E-state index in [1.54, 1.807) is 7.11 Å². The molecule has 1 rings (SSSR count). The molecule has 0 aliphatic heterocycles. The van der Waals surface area contributed by atoms with Crippen LogP contribution in [-0.2, 0) is 0 Å². The van der Waals surface area contributed by atoms with Crippen LogP contribution in [0.2, 0.25) is 0 Å². The van der Waals surface area contributed by atoms with Crippen molar-refractivity contribution in [2.45, 2.75) is 19.4 Å². The van der Waals surface area contributed by atoms with Crippen LogP contribution < -0.4 is 15.2 Å². The number of halogens is 1. The van der Waals surface area contributed by atoms with E-state index in [0.29, 0.717) is 6.61 Å². The van der Waals surface area contributed by atoms with Crippen molar-refractivity contribution >= 4 is 12.4 Å². The second kappa shape index (κ2) is 7.98. The molecule has 1 atom stereocenters. The lowest BCUT2D eigenvalue weighted by Crippen LogP contribution is -2.09. The van der Waals surface area contributed by atoms with Crippen molar-refractivity contribution in [3.63, 3.8) is 0 Å². The van der Waals surface area contributed by atoms with Gasteiger partial charge in [-0.25, -0.2) is 0 Å². The molecule has 96 valence electrons. The van der Waals surface area contributed by atoms with Gasteiger partial charge in [0.1, 0.15) is 0 Å². The smallest absolute Gasteiger partial charge is 0.161 e. The van der Waals surface area contributed by atoms with Gasteiger partial charge < -0.3 is 15.2 Å². The highest BCUT2D eigenvalue weighted by atomic mass is 35.5. The molecular weight excluding hydrogens is 238 g/mol. The molecular formula is C13H20ClNO2. The number of hydrogen-bond acceptors (Lipinski definition) is 3. The van der Waals surface area contributed by atoms with E-state index in [4.69, 9.17) is 15.2 Å². The van der Waals surface area contributed by atoms with Gasteiger partial charge in [0, 0.05) is 6.04 Å². The van der Waals surface area contributed by atoms with Crippen LogP contribution in [0.4, 0.5) is 0 Å². The number of methoxy groups -OCH3 is 1. The molecule has 2 N–H and O–H groups in total. The van der Waals surface area contributed by atoms with Crippen LogP contribution in [0.1, 0.15) is 24.9 Å². The fourth-order valence-electron chi connectivity index (χ4n) is 1.51. The average molecular weight is 258 g/mol. The second-order valence-electron chi connectivity index (χ2n) is 3.47. The lowest BCUT2D eigenvalue weighted by atomic mass is 10.0. The third-order valence-electron chi connectivity index (χ3n) is 2.34. The molecule has 0 aliphatic carbocycles. The van der Waals surface area contributed by atoms with Crippen LogP contribution in [0.3, 0.4) is 0 Å². The molecule has 0 amide bonds. The summed E-state index contributed by atoms with van der Waals surface area (Å²) in [6.45, 7) is 6.23. The molecule has 0 spiro atoms. The lowest BCUT2D eigenvalue weighted by Gasteiger charge is -2.14. The van der Waals surface area contributed by atoms with Crippen LogP contribution in [0.15, 0.2) is 30.9 Å². The third kappa shape index (κ3) is 4.29. The van der Waals surface area contributed by atoms with Gasteiger partial charge >= 0.3 is 0 Å². The zero-order chi connectivity index (χ0) is 12.0. The van der Waals surface area contributed by atoms with Gasteiger partial charge in [-0.15, -0.1) is 19.0 Å². The van der Waals surface area contributed by atoms with E-state index in [1.165, 1.54) is 0 Å². The first-order valence-corrected chi connectivity index (χ1v) is 5.40. The predicted octanol–water partition coefficient (Wildman–Crippen LogP) is 3.09. The van der Waals surface area contributed by atoms with Crippen molar-refractivity contribution in [1.29, 1.82) is 0 Å². The van der Waals surface area contributed by atoms with Gasteiger partial charge in [-0.1, -0.05) is 12.1 Å². The monoisotopic (exact) mass is 257 g/mol. The fourth-order valence-corrected chi connectivity index (χ4v) is 1.51. The topological polar surface area (TPSA) is 44.5 Å². The molecule has 0 unspecified atom stereocenters. The Morgan fingerprint density at radius 3 is 2.65 bits per heavy atom. The van der Waals surface area contributed by atoms with Crippen LogP contribution >= 0.6 is 12.4 Å².